The number of carbonyl (C=O) groups is 2. The average Bonchev–Trinajstić information content (AvgIpc) is 2.56. The van der Waals surface area contributed by atoms with E-state index in [1.807, 2.05) is 0 Å². The largest absolute Gasteiger partial charge is 0.465 e. The molecule has 0 heterocycles. The Kier molecular flexibility index (Phi) is 6.28. The summed E-state index contributed by atoms with van der Waals surface area (Å²) >= 11 is 0. The van der Waals surface area contributed by atoms with Crippen molar-refractivity contribution in [2.24, 2.45) is 11.8 Å². The van der Waals surface area contributed by atoms with Crippen LogP contribution in [0.2, 0.25) is 0 Å². The molecule has 7 heteroatoms. The van der Waals surface area contributed by atoms with Crippen molar-refractivity contribution in [2.45, 2.75) is 39.0 Å². The standard InChI is InChI=1S/C17H22N2O5/c1-2-24-17(21)15(12-7-4-3-5-8-12)16(20)18-13-9-6-10-14(11-13)19(22)23/h6,9-12,15H,2-5,7-8H2,1H3,(H,18,20)/t15-/m0/s1. The molecule has 0 radical (unpaired) electrons. The number of esters is 1. The van der Waals surface area contributed by atoms with Gasteiger partial charge in [0, 0.05) is 17.8 Å². The normalized spacial score (nSPS) is 16.2. The van der Waals surface area contributed by atoms with E-state index in [0.29, 0.717) is 5.69 Å². The smallest absolute Gasteiger partial charge is 0.318 e. The van der Waals surface area contributed by atoms with E-state index >= 15 is 0 Å². The van der Waals surface area contributed by atoms with Crippen LogP contribution in [-0.2, 0) is 14.3 Å². The third-order valence-corrected chi connectivity index (χ3v) is 4.27. The molecule has 1 fully saturated rings. The molecule has 1 aromatic carbocycles. The number of non-ortho nitro benzene ring substituents is 1. The van der Waals surface area contributed by atoms with Gasteiger partial charge in [-0.05, 0) is 31.7 Å². The number of nitrogens with one attached hydrogen (secondary N) is 1. The Bertz CT molecular complexity index is 611. The summed E-state index contributed by atoms with van der Waals surface area (Å²) in [5.41, 5.74) is 0.192. The summed E-state index contributed by atoms with van der Waals surface area (Å²) in [5, 5.41) is 13.5. The topological polar surface area (TPSA) is 98.5 Å². The van der Waals surface area contributed by atoms with Gasteiger partial charge in [-0.2, -0.15) is 0 Å². The van der Waals surface area contributed by atoms with Gasteiger partial charge in [-0.1, -0.05) is 25.3 Å². The fourth-order valence-electron chi connectivity index (χ4n) is 3.13. The van der Waals surface area contributed by atoms with Gasteiger partial charge in [0.25, 0.3) is 5.69 Å². The van der Waals surface area contributed by atoms with Gasteiger partial charge in [0.1, 0.15) is 5.92 Å². The monoisotopic (exact) mass is 334 g/mol. The number of amides is 1. The van der Waals surface area contributed by atoms with Crippen molar-refractivity contribution in [2.75, 3.05) is 11.9 Å². The molecule has 24 heavy (non-hydrogen) atoms. The third-order valence-electron chi connectivity index (χ3n) is 4.27. The molecule has 7 nitrogen and oxygen atoms in total. The van der Waals surface area contributed by atoms with Gasteiger partial charge in [-0.3, -0.25) is 19.7 Å². The van der Waals surface area contributed by atoms with Crippen molar-refractivity contribution in [3.8, 4) is 0 Å². The fourth-order valence-corrected chi connectivity index (χ4v) is 3.13. The molecule has 1 amide bonds. The van der Waals surface area contributed by atoms with Gasteiger partial charge in [0.15, 0.2) is 0 Å². The number of rotatable bonds is 6. The Morgan fingerprint density at radius 1 is 1.33 bits per heavy atom. The van der Waals surface area contributed by atoms with E-state index in [9.17, 15) is 19.7 Å². The van der Waals surface area contributed by atoms with Crippen molar-refractivity contribution in [1.29, 1.82) is 0 Å². The summed E-state index contributed by atoms with van der Waals surface area (Å²) in [6.07, 6.45) is 4.71. The molecule has 1 N–H and O–H groups in total. The molecule has 1 aliphatic rings. The number of anilines is 1. The Hall–Kier alpha value is -2.44. The van der Waals surface area contributed by atoms with Crippen LogP contribution in [0.3, 0.4) is 0 Å². The molecular weight excluding hydrogens is 312 g/mol. The van der Waals surface area contributed by atoms with E-state index in [4.69, 9.17) is 4.74 Å². The lowest BCUT2D eigenvalue weighted by atomic mass is 9.79. The number of nitrogens with zero attached hydrogens (tertiary/aromatic N) is 1. The van der Waals surface area contributed by atoms with Crippen LogP contribution in [0.15, 0.2) is 24.3 Å². The minimum Gasteiger partial charge on any atom is -0.465 e. The molecule has 130 valence electrons. The Balaban J connectivity index is 2.16. The molecule has 0 saturated heterocycles. The molecule has 0 bridgehead atoms. The maximum atomic E-state index is 12.6. The summed E-state index contributed by atoms with van der Waals surface area (Å²) in [6, 6.07) is 5.68. The van der Waals surface area contributed by atoms with Crippen molar-refractivity contribution < 1.29 is 19.2 Å². The lowest BCUT2D eigenvalue weighted by molar-refractivity contribution is -0.384. The van der Waals surface area contributed by atoms with Crippen LogP contribution in [0.25, 0.3) is 0 Å². The van der Waals surface area contributed by atoms with Gasteiger partial charge >= 0.3 is 5.97 Å². The molecule has 1 aliphatic carbocycles. The van der Waals surface area contributed by atoms with Crippen molar-refractivity contribution in [1.82, 2.24) is 0 Å². The van der Waals surface area contributed by atoms with E-state index in [-0.39, 0.29) is 18.2 Å². The third kappa shape index (κ3) is 4.53. The number of nitro benzene ring substituents is 1. The minimum atomic E-state index is -0.871. The highest BCUT2D eigenvalue weighted by Crippen LogP contribution is 2.32. The quantitative estimate of drug-likeness (QED) is 0.372. The Labute approximate surface area is 140 Å². The predicted molar refractivity (Wildman–Crippen MR) is 88.4 cm³/mol. The fraction of sp³-hybridized carbons (Fsp3) is 0.529. The summed E-state index contributed by atoms with van der Waals surface area (Å²) in [7, 11) is 0. The SMILES string of the molecule is CCOC(=O)[C@H](C(=O)Nc1cccc([N+](=O)[O-])c1)C1CCCCC1. The zero-order chi connectivity index (χ0) is 17.5. The van der Waals surface area contributed by atoms with Crippen molar-refractivity contribution in [3.63, 3.8) is 0 Å². The van der Waals surface area contributed by atoms with E-state index < -0.39 is 22.7 Å². The van der Waals surface area contributed by atoms with Crippen LogP contribution in [-0.4, -0.2) is 23.4 Å². The highest BCUT2D eigenvalue weighted by atomic mass is 16.6. The van der Waals surface area contributed by atoms with Crippen LogP contribution in [0, 0.1) is 22.0 Å². The van der Waals surface area contributed by atoms with Crippen LogP contribution in [0.4, 0.5) is 11.4 Å². The molecule has 0 aliphatic heterocycles. The first kappa shape index (κ1) is 17.9. The second-order valence-electron chi connectivity index (χ2n) is 5.92. The first-order chi connectivity index (χ1) is 11.5. The average molecular weight is 334 g/mol. The minimum absolute atomic E-state index is 0.0449. The number of carbonyl (C=O) groups excluding carboxylic acids is 2. The zero-order valence-electron chi connectivity index (χ0n) is 13.7. The first-order valence-electron chi connectivity index (χ1n) is 8.25. The van der Waals surface area contributed by atoms with E-state index in [0.717, 1.165) is 32.1 Å². The first-order valence-corrected chi connectivity index (χ1v) is 8.25. The molecule has 0 aromatic heterocycles. The van der Waals surface area contributed by atoms with E-state index in [1.54, 1.807) is 13.0 Å². The molecule has 2 rings (SSSR count). The zero-order valence-corrected chi connectivity index (χ0v) is 13.7. The number of hydrogen-bond donors (Lipinski definition) is 1. The highest BCUT2D eigenvalue weighted by molar-refractivity contribution is 6.05. The highest BCUT2D eigenvalue weighted by Gasteiger charge is 2.36. The Morgan fingerprint density at radius 3 is 2.67 bits per heavy atom. The molecule has 1 atom stereocenters. The van der Waals surface area contributed by atoms with E-state index in [2.05, 4.69) is 5.32 Å². The second-order valence-corrected chi connectivity index (χ2v) is 5.92. The lowest BCUT2D eigenvalue weighted by Gasteiger charge is -2.27. The second kappa shape index (κ2) is 8.42. The summed E-state index contributed by atoms with van der Waals surface area (Å²) in [5.74, 6) is -1.89. The number of nitro groups is 1. The molecule has 1 aromatic rings. The van der Waals surface area contributed by atoms with Crippen LogP contribution < -0.4 is 5.32 Å². The van der Waals surface area contributed by atoms with Gasteiger partial charge in [-0.25, -0.2) is 0 Å². The van der Waals surface area contributed by atoms with E-state index in [1.165, 1.54) is 18.2 Å². The van der Waals surface area contributed by atoms with Crippen LogP contribution in [0.5, 0.6) is 0 Å². The number of hydrogen-bond acceptors (Lipinski definition) is 5. The van der Waals surface area contributed by atoms with Gasteiger partial charge < -0.3 is 10.1 Å². The summed E-state index contributed by atoms with van der Waals surface area (Å²) in [4.78, 5) is 35.2. The van der Waals surface area contributed by atoms with Gasteiger partial charge in [0.05, 0.1) is 11.5 Å². The molecule has 1 saturated carbocycles. The number of benzene rings is 1. The van der Waals surface area contributed by atoms with Gasteiger partial charge in [0.2, 0.25) is 5.91 Å². The number of ether oxygens (including phenoxy) is 1. The lowest BCUT2D eigenvalue weighted by Crippen LogP contribution is -2.37. The summed E-state index contributed by atoms with van der Waals surface area (Å²) < 4.78 is 5.07. The molecule has 0 unspecified atom stereocenters. The van der Waals surface area contributed by atoms with Crippen molar-refractivity contribution in [3.05, 3.63) is 34.4 Å². The Morgan fingerprint density at radius 2 is 2.04 bits per heavy atom. The van der Waals surface area contributed by atoms with Crippen LogP contribution >= 0.6 is 0 Å². The van der Waals surface area contributed by atoms with Crippen molar-refractivity contribution >= 4 is 23.3 Å². The summed E-state index contributed by atoms with van der Waals surface area (Å²) in [6.45, 7) is 1.92. The predicted octanol–water partition coefficient (Wildman–Crippen LogP) is 3.29. The van der Waals surface area contributed by atoms with Gasteiger partial charge in [-0.15, -0.1) is 0 Å². The maximum Gasteiger partial charge on any atom is 0.318 e. The molecular formula is C17H22N2O5. The molecule has 0 spiro atoms. The maximum absolute atomic E-state index is 12.6. The van der Waals surface area contributed by atoms with Crippen LogP contribution in [0.1, 0.15) is 39.0 Å².